The number of carbonyl (C=O) groups is 1. The molecule has 27 heavy (non-hydrogen) atoms. The van der Waals surface area contributed by atoms with Crippen LogP contribution in [0.1, 0.15) is 36.0 Å². The summed E-state index contributed by atoms with van der Waals surface area (Å²) in [7, 11) is 0. The summed E-state index contributed by atoms with van der Waals surface area (Å²) >= 11 is 0. The molecule has 1 saturated heterocycles. The second-order valence-electron chi connectivity index (χ2n) is 7.69. The number of nitrogens with zero attached hydrogens (tertiary/aromatic N) is 1. The topological polar surface area (TPSA) is 41.6 Å². The van der Waals surface area contributed by atoms with E-state index in [1.165, 1.54) is 5.56 Å². The molecule has 2 aromatic rings. The molecule has 1 aliphatic carbocycles. The second kappa shape index (κ2) is 8.24. The molecular weight excluding hydrogens is 336 g/mol. The number of benzene rings is 2. The Balaban J connectivity index is 1.33. The molecule has 0 atom stereocenters. The van der Waals surface area contributed by atoms with Gasteiger partial charge in [-0.05, 0) is 29.5 Å². The van der Waals surface area contributed by atoms with Crippen molar-refractivity contribution in [1.29, 1.82) is 0 Å². The van der Waals surface area contributed by atoms with Gasteiger partial charge in [-0.3, -0.25) is 9.69 Å². The first-order chi connectivity index (χ1) is 13.3. The monoisotopic (exact) mass is 364 g/mol. The van der Waals surface area contributed by atoms with E-state index in [0.29, 0.717) is 6.54 Å². The average Bonchev–Trinajstić information content (AvgIpc) is 2.68. The zero-order chi connectivity index (χ0) is 18.5. The van der Waals surface area contributed by atoms with Gasteiger partial charge >= 0.3 is 0 Å². The summed E-state index contributed by atoms with van der Waals surface area (Å²) in [6.45, 7) is 5.21. The SMILES string of the molecule is O=C(NCc1ccc(CN2CCOCC2)cc1)C1(c2ccccc2)CCC1. The molecule has 0 bridgehead atoms. The zero-order valence-electron chi connectivity index (χ0n) is 15.8. The molecule has 2 aliphatic rings. The maximum atomic E-state index is 12.9. The first-order valence-corrected chi connectivity index (χ1v) is 9.98. The lowest BCUT2D eigenvalue weighted by molar-refractivity contribution is -0.130. The number of carbonyl (C=O) groups excluding carboxylic acids is 1. The molecule has 1 aliphatic heterocycles. The Kier molecular flexibility index (Phi) is 5.55. The normalized spacial score (nSPS) is 19.3. The van der Waals surface area contributed by atoms with E-state index in [1.807, 2.05) is 18.2 Å². The third kappa shape index (κ3) is 4.07. The van der Waals surface area contributed by atoms with Crippen molar-refractivity contribution in [3.63, 3.8) is 0 Å². The van der Waals surface area contributed by atoms with Gasteiger partial charge in [0.1, 0.15) is 0 Å². The van der Waals surface area contributed by atoms with Crippen LogP contribution in [-0.4, -0.2) is 37.1 Å². The van der Waals surface area contributed by atoms with Crippen LogP contribution in [-0.2, 0) is 28.0 Å². The van der Waals surface area contributed by atoms with E-state index in [1.54, 1.807) is 0 Å². The van der Waals surface area contributed by atoms with Crippen LogP contribution >= 0.6 is 0 Å². The van der Waals surface area contributed by atoms with Gasteiger partial charge in [-0.2, -0.15) is 0 Å². The molecule has 0 radical (unpaired) electrons. The van der Waals surface area contributed by atoms with Crippen LogP contribution in [0, 0.1) is 0 Å². The Hall–Kier alpha value is -2.17. The van der Waals surface area contributed by atoms with Gasteiger partial charge in [0.15, 0.2) is 0 Å². The molecular formula is C23H28N2O2. The molecule has 4 heteroatoms. The molecule has 0 spiro atoms. The van der Waals surface area contributed by atoms with Crippen LogP contribution < -0.4 is 5.32 Å². The molecule has 142 valence electrons. The van der Waals surface area contributed by atoms with Crippen LogP contribution in [0.5, 0.6) is 0 Å². The fourth-order valence-corrected chi connectivity index (χ4v) is 4.07. The van der Waals surface area contributed by atoms with E-state index in [4.69, 9.17) is 4.74 Å². The first-order valence-electron chi connectivity index (χ1n) is 9.98. The van der Waals surface area contributed by atoms with Crippen molar-refractivity contribution in [3.8, 4) is 0 Å². The minimum atomic E-state index is -0.322. The Morgan fingerprint density at radius 3 is 2.26 bits per heavy atom. The van der Waals surface area contributed by atoms with E-state index in [0.717, 1.165) is 63.2 Å². The number of hydrogen-bond donors (Lipinski definition) is 1. The number of hydrogen-bond acceptors (Lipinski definition) is 3. The van der Waals surface area contributed by atoms with Gasteiger partial charge in [0.25, 0.3) is 0 Å². The lowest BCUT2D eigenvalue weighted by atomic mass is 9.64. The summed E-state index contributed by atoms with van der Waals surface area (Å²) in [4.78, 5) is 15.3. The largest absolute Gasteiger partial charge is 0.379 e. The molecule has 1 saturated carbocycles. The van der Waals surface area contributed by atoms with Crippen molar-refractivity contribution in [2.24, 2.45) is 0 Å². The van der Waals surface area contributed by atoms with Crippen LogP contribution in [0.4, 0.5) is 0 Å². The predicted molar refractivity (Wildman–Crippen MR) is 106 cm³/mol. The van der Waals surface area contributed by atoms with Crippen molar-refractivity contribution in [2.75, 3.05) is 26.3 Å². The van der Waals surface area contributed by atoms with Gasteiger partial charge in [-0.25, -0.2) is 0 Å². The smallest absolute Gasteiger partial charge is 0.230 e. The highest BCUT2D eigenvalue weighted by Crippen LogP contribution is 2.43. The van der Waals surface area contributed by atoms with Crippen LogP contribution in [0.15, 0.2) is 54.6 Å². The molecule has 2 aromatic carbocycles. The Labute approximate surface area is 161 Å². The summed E-state index contributed by atoms with van der Waals surface area (Å²) in [6.07, 6.45) is 3.02. The summed E-state index contributed by atoms with van der Waals surface area (Å²) in [5.41, 5.74) is 3.29. The highest BCUT2D eigenvalue weighted by atomic mass is 16.5. The van der Waals surface area contributed by atoms with E-state index in [9.17, 15) is 4.79 Å². The van der Waals surface area contributed by atoms with Gasteiger partial charge in [0.05, 0.1) is 18.6 Å². The summed E-state index contributed by atoms with van der Waals surface area (Å²) in [6, 6.07) is 18.8. The Morgan fingerprint density at radius 2 is 1.63 bits per heavy atom. The number of amides is 1. The molecule has 4 rings (SSSR count). The Bertz CT molecular complexity index is 748. The molecule has 0 unspecified atom stereocenters. The molecule has 1 amide bonds. The van der Waals surface area contributed by atoms with Crippen molar-refractivity contribution >= 4 is 5.91 Å². The van der Waals surface area contributed by atoms with Gasteiger partial charge in [0, 0.05) is 26.2 Å². The number of rotatable bonds is 6. The minimum Gasteiger partial charge on any atom is -0.379 e. The third-order valence-electron chi connectivity index (χ3n) is 5.95. The standard InChI is InChI=1S/C23H28N2O2/c26-22(23(11-4-12-23)21-5-2-1-3-6-21)24-17-19-7-9-20(10-8-19)18-25-13-15-27-16-14-25/h1-3,5-10H,4,11-18H2,(H,24,26). The molecule has 1 N–H and O–H groups in total. The van der Waals surface area contributed by atoms with Crippen LogP contribution in [0.2, 0.25) is 0 Å². The summed E-state index contributed by atoms with van der Waals surface area (Å²) in [5.74, 6) is 0.164. The first kappa shape index (κ1) is 18.2. The molecule has 2 fully saturated rings. The van der Waals surface area contributed by atoms with E-state index < -0.39 is 0 Å². The van der Waals surface area contributed by atoms with Crippen LogP contribution in [0.25, 0.3) is 0 Å². The lowest BCUT2D eigenvalue weighted by Gasteiger charge is -2.40. The van der Waals surface area contributed by atoms with Crippen molar-refractivity contribution in [2.45, 2.75) is 37.8 Å². The number of ether oxygens (including phenoxy) is 1. The molecule has 4 nitrogen and oxygen atoms in total. The van der Waals surface area contributed by atoms with Crippen molar-refractivity contribution < 1.29 is 9.53 Å². The molecule has 0 aromatic heterocycles. The second-order valence-corrected chi connectivity index (χ2v) is 7.69. The predicted octanol–water partition coefficient (Wildman–Crippen LogP) is 3.26. The number of morpholine rings is 1. The summed E-state index contributed by atoms with van der Waals surface area (Å²) in [5, 5.41) is 3.18. The van der Waals surface area contributed by atoms with Gasteiger partial charge in [-0.15, -0.1) is 0 Å². The maximum absolute atomic E-state index is 12.9. The van der Waals surface area contributed by atoms with E-state index in [-0.39, 0.29) is 11.3 Å². The quantitative estimate of drug-likeness (QED) is 0.855. The number of nitrogens with one attached hydrogen (secondary N) is 1. The van der Waals surface area contributed by atoms with Gasteiger partial charge < -0.3 is 10.1 Å². The fraction of sp³-hybridized carbons (Fsp3) is 0.435. The highest BCUT2D eigenvalue weighted by Gasteiger charge is 2.45. The lowest BCUT2D eigenvalue weighted by Crippen LogP contribution is -2.48. The molecule has 1 heterocycles. The third-order valence-corrected chi connectivity index (χ3v) is 5.95. The average molecular weight is 364 g/mol. The Morgan fingerprint density at radius 1 is 0.963 bits per heavy atom. The van der Waals surface area contributed by atoms with Gasteiger partial charge in [0.2, 0.25) is 5.91 Å². The van der Waals surface area contributed by atoms with E-state index >= 15 is 0 Å². The van der Waals surface area contributed by atoms with Crippen molar-refractivity contribution in [3.05, 3.63) is 71.3 Å². The zero-order valence-corrected chi connectivity index (χ0v) is 15.8. The summed E-state index contributed by atoms with van der Waals surface area (Å²) < 4.78 is 5.40. The fourth-order valence-electron chi connectivity index (χ4n) is 4.07. The van der Waals surface area contributed by atoms with Crippen LogP contribution in [0.3, 0.4) is 0 Å². The highest BCUT2D eigenvalue weighted by molar-refractivity contribution is 5.89. The maximum Gasteiger partial charge on any atom is 0.230 e. The van der Waals surface area contributed by atoms with E-state index in [2.05, 4.69) is 46.6 Å². The van der Waals surface area contributed by atoms with Gasteiger partial charge in [-0.1, -0.05) is 61.0 Å². The minimum absolute atomic E-state index is 0.164. The van der Waals surface area contributed by atoms with Crippen molar-refractivity contribution in [1.82, 2.24) is 10.2 Å².